The molecule has 2 heterocycles. The van der Waals surface area contributed by atoms with E-state index in [0.717, 1.165) is 18.5 Å². The first-order valence-electron chi connectivity index (χ1n) is 10.4. The van der Waals surface area contributed by atoms with Crippen molar-refractivity contribution in [2.75, 3.05) is 11.9 Å². The van der Waals surface area contributed by atoms with E-state index in [1.54, 1.807) is 31.6 Å². The fourth-order valence-corrected chi connectivity index (χ4v) is 2.92. The molecule has 0 atom stereocenters. The van der Waals surface area contributed by atoms with E-state index in [1.165, 1.54) is 11.0 Å². The maximum atomic E-state index is 6.24. The Balaban J connectivity index is 1.72. The van der Waals surface area contributed by atoms with E-state index in [4.69, 9.17) is 15.2 Å². The first-order chi connectivity index (χ1) is 15.4. The second-order valence-corrected chi connectivity index (χ2v) is 7.56. The van der Waals surface area contributed by atoms with Gasteiger partial charge >= 0.3 is 0 Å². The number of nitrogens with one attached hydrogen (secondary N) is 1. The number of aliphatic imine (C=N–C) groups is 1. The van der Waals surface area contributed by atoms with Crippen molar-refractivity contribution in [3.05, 3.63) is 61.1 Å². The van der Waals surface area contributed by atoms with Gasteiger partial charge in [0.1, 0.15) is 17.3 Å². The van der Waals surface area contributed by atoms with E-state index >= 15 is 0 Å². The molecule has 3 N–H and O–H groups in total. The summed E-state index contributed by atoms with van der Waals surface area (Å²) in [4.78, 5) is 10.1. The number of aryl methyl sites for hydroxylation is 1. The molecule has 3 rings (SSSR count). The molecule has 2 aromatic heterocycles. The van der Waals surface area contributed by atoms with Gasteiger partial charge in [0.25, 0.3) is 0 Å². The summed E-state index contributed by atoms with van der Waals surface area (Å²) < 4.78 is 11.6. The Bertz CT molecular complexity index is 1060. The van der Waals surface area contributed by atoms with E-state index in [2.05, 4.69) is 45.9 Å². The van der Waals surface area contributed by atoms with Crippen LogP contribution in [-0.2, 0) is 7.05 Å². The number of aromatic nitrogens is 4. The van der Waals surface area contributed by atoms with Crippen molar-refractivity contribution in [2.45, 2.75) is 26.7 Å². The summed E-state index contributed by atoms with van der Waals surface area (Å²) in [7, 11) is 1.71. The molecule has 9 heteroatoms. The van der Waals surface area contributed by atoms with Gasteiger partial charge in [-0.15, -0.1) is 5.10 Å². The highest BCUT2D eigenvalue weighted by atomic mass is 16.5. The lowest BCUT2D eigenvalue weighted by Gasteiger charge is -2.12. The Morgan fingerprint density at radius 3 is 2.72 bits per heavy atom. The molecular weight excluding hydrogens is 406 g/mol. The lowest BCUT2D eigenvalue weighted by molar-refractivity contribution is 0.296. The number of ether oxygens (including phenoxy) is 2. The molecule has 168 valence electrons. The van der Waals surface area contributed by atoms with E-state index in [9.17, 15) is 0 Å². The van der Waals surface area contributed by atoms with E-state index in [0.29, 0.717) is 41.3 Å². The van der Waals surface area contributed by atoms with Crippen molar-refractivity contribution in [2.24, 2.45) is 23.7 Å². The standard InChI is InChI=1S/C23H29N7O2/c1-5-25-20-10-8-17(13-19(20)23(24)28-21-15-27-30(4)29-21)32-22-11-9-18(14-26-22)31-12-6-7-16(2)3/h5,8-11,13-16,25H,1,6-7,12H2,2-4H3,(H2,24,28,29). The van der Waals surface area contributed by atoms with E-state index < -0.39 is 0 Å². The molecule has 0 bridgehead atoms. The molecule has 0 saturated heterocycles. The van der Waals surface area contributed by atoms with Gasteiger partial charge in [0.05, 0.1) is 19.0 Å². The van der Waals surface area contributed by atoms with Crippen molar-refractivity contribution in [3.8, 4) is 17.4 Å². The molecule has 0 aliphatic heterocycles. The molecule has 0 saturated carbocycles. The average molecular weight is 436 g/mol. The third-order valence-corrected chi connectivity index (χ3v) is 4.47. The van der Waals surface area contributed by atoms with Crippen LogP contribution in [-0.4, -0.2) is 32.4 Å². The number of hydrogen-bond acceptors (Lipinski definition) is 7. The van der Waals surface area contributed by atoms with Crippen LogP contribution in [0.2, 0.25) is 0 Å². The van der Waals surface area contributed by atoms with Gasteiger partial charge in [-0.25, -0.2) is 9.98 Å². The predicted molar refractivity (Wildman–Crippen MR) is 126 cm³/mol. The maximum Gasteiger partial charge on any atom is 0.219 e. The summed E-state index contributed by atoms with van der Waals surface area (Å²) in [6, 6.07) is 9.03. The second-order valence-electron chi connectivity index (χ2n) is 7.56. The first-order valence-corrected chi connectivity index (χ1v) is 10.4. The van der Waals surface area contributed by atoms with Crippen LogP contribution in [0.15, 0.2) is 60.5 Å². The fraction of sp³-hybridized carbons (Fsp3) is 0.304. The quantitative estimate of drug-likeness (QED) is 0.261. The Morgan fingerprint density at radius 1 is 1.25 bits per heavy atom. The molecule has 9 nitrogen and oxygen atoms in total. The van der Waals surface area contributed by atoms with Crippen molar-refractivity contribution >= 4 is 17.3 Å². The third-order valence-electron chi connectivity index (χ3n) is 4.47. The number of pyridine rings is 1. The van der Waals surface area contributed by atoms with Crippen LogP contribution < -0.4 is 20.5 Å². The maximum absolute atomic E-state index is 6.24. The third kappa shape index (κ3) is 6.56. The normalized spacial score (nSPS) is 11.4. The number of nitrogens with two attached hydrogens (primary N) is 1. The lowest BCUT2D eigenvalue weighted by Crippen LogP contribution is -2.15. The van der Waals surface area contributed by atoms with Crippen molar-refractivity contribution in [1.29, 1.82) is 0 Å². The molecule has 0 spiro atoms. The molecule has 0 aliphatic rings. The lowest BCUT2D eigenvalue weighted by atomic mass is 10.1. The summed E-state index contributed by atoms with van der Waals surface area (Å²) in [5, 5.41) is 11.2. The van der Waals surface area contributed by atoms with E-state index in [-0.39, 0.29) is 5.84 Å². The van der Waals surface area contributed by atoms with Crippen LogP contribution >= 0.6 is 0 Å². The summed E-state index contributed by atoms with van der Waals surface area (Å²) in [6.45, 7) is 8.78. The van der Waals surface area contributed by atoms with Crippen molar-refractivity contribution in [1.82, 2.24) is 20.0 Å². The Morgan fingerprint density at radius 2 is 2.06 bits per heavy atom. The van der Waals surface area contributed by atoms with Crippen LogP contribution in [0.4, 0.5) is 11.5 Å². The largest absolute Gasteiger partial charge is 0.492 e. The first kappa shape index (κ1) is 22.8. The molecule has 0 fully saturated rings. The Kier molecular flexibility index (Phi) is 7.80. The number of rotatable bonds is 11. The molecule has 0 unspecified atom stereocenters. The van der Waals surface area contributed by atoms with Gasteiger partial charge in [0.15, 0.2) is 5.82 Å². The molecule has 3 aromatic rings. The minimum Gasteiger partial charge on any atom is -0.492 e. The zero-order chi connectivity index (χ0) is 22.9. The monoisotopic (exact) mass is 435 g/mol. The Labute approximate surface area is 188 Å². The Hall–Kier alpha value is -3.88. The van der Waals surface area contributed by atoms with Crippen LogP contribution in [0.25, 0.3) is 0 Å². The molecule has 32 heavy (non-hydrogen) atoms. The summed E-state index contributed by atoms with van der Waals surface area (Å²) in [6.07, 6.45) is 6.90. The van der Waals surface area contributed by atoms with Gasteiger partial charge in [-0.2, -0.15) is 9.90 Å². The number of amidine groups is 1. The highest BCUT2D eigenvalue weighted by Crippen LogP contribution is 2.27. The molecule has 0 aliphatic carbocycles. The fourth-order valence-electron chi connectivity index (χ4n) is 2.92. The summed E-state index contributed by atoms with van der Waals surface area (Å²) >= 11 is 0. The zero-order valence-electron chi connectivity index (χ0n) is 18.7. The molecule has 0 radical (unpaired) electrons. The van der Waals surface area contributed by atoms with Gasteiger partial charge in [0.2, 0.25) is 5.88 Å². The molecular formula is C23H29N7O2. The molecule has 1 aromatic carbocycles. The SMILES string of the molecule is C=CNc1ccc(Oc2ccc(OCCCC(C)C)cn2)cc1C(N)=Nc1cnn(C)n1. The zero-order valence-corrected chi connectivity index (χ0v) is 18.7. The second kappa shape index (κ2) is 10.9. The van der Waals surface area contributed by atoms with Crippen molar-refractivity contribution in [3.63, 3.8) is 0 Å². The highest BCUT2D eigenvalue weighted by Gasteiger charge is 2.11. The summed E-state index contributed by atoms with van der Waals surface area (Å²) in [5.41, 5.74) is 7.61. The van der Waals surface area contributed by atoms with Gasteiger partial charge in [-0.1, -0.05) is 20.4 Å². The van der Waals surface area contributed by atoms with Gasteiger partial charge in [0, 0.05) is 24.4 Å². The summed E-state index contributed by atoms with van der Waals surface area (Å²) in [5.74, 6) is 3.06. The minimum absolute atomic E-state index is 0.262. The minimum atomic E-state index is 0.262. The van der Waals surface area contributed by atoms with E-state index in [1.807, 2.05) is 18.2 Å². The predicted octanol–water partition coefficient (Wildman–Crippen LogP) is 4.41. The average Bonchev–Trinajstić information content (AvgIpc) is 3.18. The number of benzene rings is 1. The topological polar surface area (TPSA) is 112 Å². The van der Waals surface area contributed by atoms with Crippen LogP contribution in [0.5, 0.6) is 17.4 Å². The smallest absolute Gasteiger partial charge is 0.219 e. The number of anilines is 1. The van der Waals surface area contributed by atoms with Gasteiger partial charge in [-0.05, 0) is 49.2 Å². The van der Waals surface area contributed by atoms with Gasteiger partial charge in [-0.3, -0.25) is 0 Å². The number of hydrogen-bond donors (Lipinski definition) is 2. The van der Waals surface area contributed by atoms with Crippen LogP contribution in [0.3, 0.4) is 0 Å². The van der Waals surface area contributed by atoms with Crippen LogP contribution in [0.1, 0.15) is 32.3 Å². The van der Waals surface area contributed by atoms with Crippen molar-refractivity contribution < 1.29 is 9.47 Å². The highest BCUT2D eigenvalue weighted by molar-refractivity contribution is 6.04. The van der Waals surface area contributed by atoms with Gasteiger partial charge < -0.3 is 20.5 Å². The van der Waals surface area contributed by atoms with Crippen LogP contribution in [0, 0.1) is 5.92 Å². The number of nitrogens with zero attached hydrogens (tertiary/aromatic N) is 5. The molecule has 0 amide bonds.